The first-order chi connectivity index (χ1) is 7.17. The van der Waals surface area contributed by atoms with Crippen LogP contribution in [0.15, 0.2) is 18.2 Å². The van der Waals surface area contributed by atoms with Crippen LogP contribution in [0.25, 0.3) is 0 Å². The van der Waals surface area contributed by atoms with E-state index in [2.05, 4.69) is 11.8 Å². The summed E-state index contributed by atoms with van der Waals surface area (Å²) >= 11 is 0. The molecule has 0 fully saturated rings. The number of nitro groups is 1. The number of rotatable bonds is 1. The molecule has 0 aliphatic carbocycles. The monoisotopic (exact) mass is 202 g/mol. The molecule has 0 aromatic heterocycles. The SMILES string of the molecule is N#Cc1cc(C#CCO)cc([N+](=O)[O-])c1. The van der Waals surface area contributed by atoms with Gasteiger partial charge in [-0.05, 0) is 6.07 Å². The van der Waals surface area contributed by atoms with Crippen LogP contribution in [-0.4, -0.2) is 16.6 Å². The van der Waals surface area contributed by atoms with Gasteiger partial charge >= 0.3 is 0 Å². The second kappa shape index (κ2) is 4.75. The molecule has 0 bridgehead atoms. The molecule has 1 N–H and O–H groups in total. The molecular weight excluding hydrogens is 196 g/mol. The lowest BCUT2D eigenvalue weighted by Gasteiger charge is -1.94. The van der Waals surface area contributed by atoms with Gasteiger partial charge in [0.15, 0.2) is 0 Å². The Hall–Kier alpha value is -2.37. The molecule has 1 aromatic rings. The number of nitro benzene ring substituents is 1. The molecule has 15 heavy (non-hydrogen) atoms. The van der Waals surface area contributed by atoms with Crippen molar-refractivity contribution in [2.75, 3.05) is 6.61 Å². The van der Waals surface area contributed by atoms with Crippen LogP contribution in [-0.2, 0) is 0 Å². The number of hydrogen-bond acceptors (Lipinski definition) is 4. The molecule has 0 spiro atoms. The van der Waals surface area contributed by atoms with Gasteiger partial charge in [0.05, 0.1) is 16.6 Å². The van der Waals surface area contributed by atoms with E-state index in [0.29, 0.717) is 5.56 Å². The highest BCUT2D eigenvalue weighted by molar-refractivity contribution is 5.50. The third-order valence-electron chi connectivity index (χ3n) is 1.57. The van der Waals surface area contributed by atoms with Gasteiger partial charge in [-0.1, -0.05) is 11.8 Å². The molecule has 0 amide bonds. The van der Waals surface area contributed by atoms with Crippen LogP contribution in [0.3, 0.4) is 0 Å². The lowest BCUT2D eigenvalue weighted by Crippen LogP contribution is -1.90. The Morgan fingerprint density at radius 2 is 2.07 bits per heavy atom. The second-order valence-corrected chi connectivity index (χ2v) is 2.60. The summed E-state index contributed by atoms with van der Waals surface area (Å²) in [7, 11) is 0. The zero-order valence-corrected chi connectivity index (χ0v) is 7.60. The normalized spacial score (nSPS) is 8.53. The Morgan fingerprint density at radius 3 is 2.60 bits per heavy atom. The fraction of sp³-hybridized carbons (Fsp3) is 0.100. The van der Waals surface area contributed by atoms with E-state index in [1.807, 2.05) is 0 Å². The van der Waals surface area contributed by atoms with Crippen LogP contribution in [0.2, 0.25) is 0 Å². The first-order valence-electron chi connectivity index (χ1n) is 3.96. The molecule has 0 saturated carbocycles. The van der Waals surface area contributed by atoms with Crippen molar-refractivity contribution in [1.29, 1.82) is 5.26 Å². The summed E-state index contributed by atoms with van der Waals surface area (Å²) in [5.41, 5.74) is 0.331. The first kappa shape index (κ1) is 10.7. The Kier molecular flexibility index (Phi) is 3.39. The van der Waals surface area contributed by atoms with Gasteiger partial charge in [-0.15, -0.1) is 0 Å². The highest BCUT2D eigenvalue weighted by atomic mass is 16.6. The predicted molar refractivity (Wildman–Crippen MR) is 51.8 cm³/mol. The van der Waals surface area contributed by atoms with Gasteiger partial charge in [-0.3, -0.25) is 10.1 Å². The quantitative estimate of drug-likeness (QED) is 0.414. The summed E-state index contributed by atoms with van der Waals surface area (Å²) in [6.45, 7) is -0.329. The van der Waals surface area contributed by atoms with Crippen molar-refractivity contribution in [3.63, 3.8) is 0 Å². The highest BCUT2D eigenvalue weighted by Crippen LogP contribution is 2.15. The average Bonchev–Trinajstić information content (AvgIpc) is 2.25. The lowest BCUT2D eigenvalue weighted by molar-refractivity contribution is -0.384. The van der Waals surface area contributed by atoms with E-state index in [0.717, 1.165) is 0 Å². The van der Waals surface area contributed by atoms with Crippen LogP contribution >= 0.6 is 0 Å². The predicted octanol–water partition coefficient (Wildman–Crippen LogP) is 0.810. The lowest BCUT2D eigenvalue weighted by atomic mass is 10.1. The maximum atomic E-state index is 10.5. The van der Waals surface area contributed by atoms with Crippen molar-refractivity contribution in [2.45, 2.75) is 0 Å². The van der Waals surface area contributed by atoms with E-state index >= 15 is 0 Å². The maximum absolute atomic E-state index is 10.5. The van der Waals surface area contributed by atoms with Gasteiger partial charge < -0.3 is 5.11 Å². The summed E-state index contributed by atoms with van der Waals surface area (Å²) in [5.74, 6) is 4.86. The highest BCUT2D eigenvalue weighted by Gasteiger charge is 2.08. The fourth-order valence-corrected chi connectivity index (χ4v) is 0.995. The largest absolute Gasteiger partial charge is 0.384 e. The van der Waals surface area contributed by atoms with Crippen molar-refractivity contribution in [3.8, 4) is 17.9 Å². The van der Waals surface area contributed by atoms with Gasteiger partial charge in [0, 0.05) is 17.7 Å². The van der Waals surface area contributed by atoms with Crippen molar-refractivity contribution in [3.05, 3.63) is 39.4 Å². The molecule has 0 atom stereocenters. The Morgan fingerprint density at radius 1 is 1.40 bits per heavy atom. The smallest absolute Gasteiger partial charge is 0.271 e. The van der Waals surface area contributed by atoms with E-state index in [9.17, 15) is 10.1 Å². The standard InChI is InChI=1S/C10H6N2O3/c11-7-9-4-8(2-1-3-13)5-10(6-9)12(14)15/h4-6,13H,3H2. The molecule has 1 aromatic carbocycles. The number of nitrogens with zero attached hydrogens (tertiary/aromatic N) is 2. The van der Waals surface area contributed by atoms with E-state index in [-0.39, 0.29) is 17.9 Å². The number of aliphatic hydroxyl groups excluding tert-OH is 1. The zero-order chi connectivity index (χ0) is 11.3. The number of non-ortho nitro benzene ring substituents is 1. The summed E-state index contributed by atoms with van der Waals surface area (Å²) in [6.07, 6.45) is 0. The molecule has 5 heteroatoms. The fourth-order valence-electron chi connectivity index (χ4n) is 0.995. The Bertz CT molecular complexity index is 492. The van der Waals surface area contributed by atoms with Gasteiger partial charge in [0.1, 0.15) is 6.61 Å². The minimum atomic E-state index is -0.592. The topological polar surface area (TPSA) is 87.2 Å². The van der Waals surface area contributed by atoms with Gasteiger partial charge in [-0.25, -0.2) is 0 Å². The first-order valence-corrected chi connectivity index (χ1v) is 3.96. The van der Waals surface area contributed by atoms with Crippen molar-refractivity contribution < 1.29 is 10.0 Å². The molecule has 0 aliphatic heterocycles. The van der Waals surface area contributed by atoms with Crippen molar-refractivity contribution in [1.82, 2.24) is 0 Å². The van der Waals surface area contributed by atoms with E-state index in [1.165, 1.54) is 18.2 Å². The number of hydrogen-bond donors (Lipinski definition) is 1. The molecule has 0 unspecified atom stereocenters. The molecule has 0 saturated heterocycles. The van der Waals surface area contributed by atoms with Crippen LogP contribution < -0.4 is 0 Å². The molecular formula is C10H6N2O3. The Labute approximate surface area is 85.7 Å². The van der Waals surface area contributed by atoms with Gasteiger partial charge in [0.2, 0.25) is 0 Å². The molecule has 0 aliphatic rings. The van der Waals surface area contributed by atoms with Crippen LogP contribution in [0.1, 0.15) is 11.1 Å². The van der Waals surface area contributed by atoms with E-state index in [4.69, 9.17) is 10.4 Å². The minimum absolute atomic E-state index is 0.173. The van der Waals surface area contributed by atoms with E-state index in [1.54, 1.807) is 6.07 Å². The molecule has 5 nitrogen and oxygen atoms in total. The molecule has 0 radical (unpaired) electrons. The van der Waals surface area contributed by atoms with Crippen molar-refractivity contribution in [2.24, 2.45) is 0 Å². The minimum Gasteiger partial charge on any atom is -0.384 e. The van der Waals surface area contributed by atoms with Gasteiger partial charge in [-0.2, -0.15) is 5.26 Å². The second-order valence-electron chi connectivity index (χ2n) is 2.60. The van der Waals surface area contributed by atoms with Crippen molar-refractivity contribution >= 4 is 5.69 Å². The van der Waals surface area contributed by atoms with Crippen LogP contribution in [0, 0.1) is 33.3 Å². The molecule has 0 heterocycles. The number of aliphatic hydroxyl groups is 1. The maximum Gasteiger partial charge on any atom is 0.271 e. The number of benzene rings is 1. The summed E-state index contributed by atoms with van der Waals surface area (Å²) in [4.78, 5) is 9.90. The average molecular weight is 202 g/mol. The number of nitriles is 1. The molecule has 1 rings (SSSR count). The third-order valence-corrected chi connectivity index (χ3v) is 1.57. The van der Waals surface area contributed by atoms with Crippen LogP contribution in [0.4, 0.5) is 5.69 Å². The summed E-state index contributed by atoms with van der Waals surface area (Å²) in [6, 6.07) is 5.65. The van der Waals surface area contributed by atoms with Crippen LogP contribution in [0.5, 0.6) is 0 Å². The summed E-state index contributed by atoms with van der Waals surface area (Å²) < 4.78 is 0. The molecule has 74 valence electrons. The zero-order valence-electron chi connectivity index (χ0n) is 7.60. The Balaban J connectivity index is 3.24. The van der Waals surface area contributed by atoms with Gasteiger partial charge in [0.25, 0.3) is 5.69 Å². The van der Waals surface area contributed by atoms with E-state index < -0.39 is 4.92 Å². The third kappa shape index (κ3) is 2.80. The summed E-state index contributed by atoms with van der Waals surface area (Å²) in [5, 5.41) is 27.6.